The van der Waals surface area contributed by atoms with E-state index >= 15 is 0 Å². The highest BCUT2D eigenvalue weighted by Gasteiger charge is 2.40. The lowest BCUT2D eigenvalue weighted by atomic mass is 9.84. The van der Waals surface area contributed by atoms with Crippen LogP contribution in [0, 0.1) is 18.8 Å². The fourth-order valence-corrected chi connectivity index (χ4v) is 4.19. The van der Waals surface area contributed by atoms with Crippen molar-refractivity contribution < 1.29 is 28.5 Å². The van der Waals surface area contributed by atoms with Crippen LogP contribution in [0.25, 0.3) is 0 Å². The first-order valence-corrected chi connectivity index (χ1v) is 11.2. The number of allylic oxidation sites excluding steroid dienone is 1. The second-order valence-electron chi connectivity index (χ2n) is 8.40. The van der Waals surface area contributed by atoms with Crippen LogP contribution < -0.4 is 14.2 Å². The summed E-state index contributed by atoms with van der Waals surface area (Å²) in [5, 5.41) is 0. The molecule has 6 heteroatoms. The molecule has 0 aliphatic carbocycles. The number of hydrogen-bond acceptors (Lipinski definition) is 6. The molecule has 33 heavy (non-hydrogen) atoms. The minimum atomic E-state index is -0.304. The van der Waals surface area contributed by atoms with Gasteiger partial charge in [-0.1, -0.05) is 35.9 Å². The first-order chi connectivity index (χ1) is 15.9. The maximum absolute atomic E-state index is 12.4. The molecule has 178 valence electrons. The van der Waals surface area contributed by atoms with Crippen molar-refractivity contribution in [1.82, 2.24) is 0 Å². The predicted molar refractivity (Wildman–Crippen MR) is 127 cm³/mol. The molecule has 0 spiro atoms. The van der Waals surface area contributed by atoms with Crippen LogP contribution in [0.2, 0.25) is 0 Å². The first-order valence-electron chi connectivity index (χ1n) is 11.2. The monoisotopic (exact) mass is 454 g/mol. The lowest BCUT2D eigenvalue weighted by Crippen LogP contribution is -2.24. The first kappa shape index (κ1) is 24.6. The number of methoxy groups -OCH3 is 3. The van der Waals surface area contributed by atoms with Crippen LogP contribution in [0.3, 0.4) is 0 Å². The number of esters is 1. The third-order valence-electron chi connectivity index (χ3n) is 6.28. The summed E-state index contributed by atoms with van der Waals surface area (Å²) in [5.41, 5.74) is 3.96. The number of aryl methyl sites for hydroxylation is 1. The number of carbonyl (C=O) groups excluding carboxylic acids is 1. The van der Waals surface area contributed by atoms with Gasteiger partial charge in [-0.2, -0.15) is 0 Å². The van der Waals surface area contributed by atoms with Gasteiger partial charge in [0.15, 0.2) is 11.5 Å². The minimum absolute atomic E-state index is 0.0253. The van der Waals surface area contributed by atoms with Crippen molar-refractivity contribution in [3.05, 3.63) is 64.7 Å². The van der Waals surface area contributed by atoms with Gasteiger partial charge in [0.05, 0.1) is 40.6 Å². The zero-order valence-electron chi connectivity index (χ0n) is 20.3. The standard InChI is InChI=1S/C27H34O6/c1-7-18(3)27(28)33-16-22-21(12-19-10-8-17(2)9-11-19)15-32-25(22)20-13-23(29-4)26(31-6)24(14-20)30-5/h7-11,13-14,21-22,25H,12,15-16H2,1-6H3/b18-7+/t21-,22-,25+/m0/s1. The highest BCUT2D eigenvalue weighted by atomic mass is 16.5. The Bertz CT molecular complexity index is 954. The molecule has 6 nitrogen and oxygen atoms in total. The Morgan fingerprint density at radius 2 is 1.70 bits per heavy atom. The summed E-state index contributed by atoms with van der Waals surface area (Å²) in [5.74, 6) is 1.53. The maximum Gasteiger partial charge on any atom is 0.333 e. The quantitative estimate of drug-likeness (QED) is 0.389. The summed E-state index contributed by atoms with van der Waals surface area (Å²) in [7, 11) is 4.77. The van der Waals surface area contributed by atoms with E-state index in [0.29, 0.717) is 29.4 Å². The fraction of sp³-hybridized carbons (Fsp3) is 0.444. The second kappa shape index (κ2) is 11.2. The van der Waals surface area contributed by atoms with Crippen molar-refractivity contribution in [2.75, 3.05) is 34.5 Å². The van der Waals surface area contributed by atoms with Gasteiger partial charge in [-0.15, -0.1) is 0 Å². The van der Waals surface area contributed by atoms with E-state index in [1.165, 1.54) is 11.1 Å². The number of hydrogen-bond donors (Lipinski definition) is 0. The normalized spacial score (nSPS) is 20.4. The molecular formula is C27H34O6. The summed E-state index contributed by atoms with van der Waals surface area (Å²) in [4.78, 5) is 12.4. The van der Waals surface area contributed by atoms with Gasteiger partial charge in [-0.05, 0) is 56.4 Å². The van der Waals surface area contributed by atoms with E-state index in [2.05, 4.69) is 31.2 Å². The van der Waals surface area contributed by atoms with Gasteiger partial charge in [0.1, 0.15) is 0 Å². The molecule has 2 aromatic carbocycles. The molecule has 1 heterocycles. The summed E-state index contributed by atoms with van der Waals surface area (Å²) in [6, 6.07) is 12.3. The van der Waals surface area contributed by atoms with Gasteiger partial charge in [0, 0.05) is 11.5 Å². The van der Waals surface area contributed by atoms with Crippen molar-refractivity contribution >= 4 is 5.97 Å². The van der Waals surface area contributed by atoms with E-state index in [1.807, 2.05) is 19.1 Å². The van der Waals surface area contributed by atoms with Crippen molar-refractivity contribution in [1.29, 1.82) is 0 Å². The van der Waals surface area contributed by atoms with Crippen LogP contribution in [-0.4, -0.2) is 40.5 Å². The minimum Gasteiger partial charge on any atom is -0.493 e. The second-order valence-corrected chi connectivity index (χ2v) is 8.40. The van der Waals surface area contributed by atoms with Gasteiger partial charge >= 0.3 is 5.97 Å². The van der Waals surface area contributed by atoms with Crippen LogP contribution in [0.4, 0.5) is 0 Å². The Morgan fingerprint density at radius 1 is 1.06 bits per heavy atom. The molecule has 1 aliphatic rings. The fourth-order valence-electron chi connectivity index (χ4n) is 4.19. The molecular weight excluding hydrogens is 420 g/mol. The molecule has 0 radical (unpaired) electrons. The molecule has 3 rings (SSSR count). The lowest BCUT2D eigenvalue weighted by molar-refractivity contribution is -0.141. The molecule has 2 aromatic rings. The molecule has 1 aliphatic heterocycles. The molecule has 0 aromatic heterocycles. The molecule has 0 amide bonds. The third-order valence-corrected chi connectivity index (χ3v) is 6.28. The zero-order valence-corrected chi connectivity index (χ0v) is 20.3. The molecule has 3 atom stereocenters. The summed E-state index contributed by atoms with van der Waals surface area (Å²) >= 11 is 0. The highest BCUT2D eigenvalue weighted by molar-refractivity contribution is 5.87. The zero-order chi connectivity index (χ0) is 24.0. The van der Waals surface area contributed by atoms with Gasteiger partial charge in [-0.3, -0.25) is 0 Å². The van der Waals surface area contributed by atoms with Crippen molar-refractivity contribution in [2.45, 2.75) is 33.3 Å². The van der Waals surface area contributed by atoms with Crippen LogP contribution in [-0.2, 0) is 20.7 Å². The smallest absolute Gasteiger partial charge is 0.333 e. The number of rotatable bonds is 9. The predicted octanol–water partition coefficient (Wildman–Crippen LogP) is 5.08. The van der Waals surface area contributed by atoms with Crippen LogP contribution in [0.15, 0.2) is 48.0 Å². The van der Waals surface area contributed by atoms with Gasteiger partial charge in [0.2, 0.25) is 5.75 Å². The Morgan fingerprint density at radius 3 is 2.24 bits per heavy atom. The van der Waals surface area contributed by atoms with Crippen molar-refractivity contribution in [2.24, 2.45) is 11.8 Å². The average molecular weight is 455 g/mol. The Kier molecular flexibility index (Phi) is 8.39. The SMILES string of the molecule is C/C=C(\C)C(=O)OC[C@H]1[C@@H](Cc2ccc(C)cc2)CO[C@@H]1c1cc(OC)c(OC)c(OC)c1. The largest absolute Gasteiger partial charge is 0.493 e. The molecule has 0 N–H and O–H groups in total. The average Bonchev–Trinajstić information content (AvgIpc) is 3.24. The van der Waals surface area contributed by atoms with E-state index in [4.69, 9.17) is 23.7 Å². The van der Waals surface area contributed by atoms with Crippen molar-refractivity contribution in [3.8, 4) is 17.2 Å². The van der Waals surface area contributed by atoms with Crippen LogP contribution >= 0.6 is 0 Å². The van der Waals surface area contributed by atoms with E-state index in [-0.39, 0.29) is 30.5 Å². The highest BCUT2D eigenvalue weighted by Crippen LogP contribution is 2.46. The van der Waals surface area contributed by atoms with E-state index in [1.54, 1.807) is 34.3 Å². The maximum atomic E-state index is 12.4. The van der Waals surface area contributed by atoms with Gasteiger partial charge in [0.25, 0.3) is 0 Å². The Labute approximate surface area is 196 Å². The van der Waals surface area contributed by atoms with Gasteiger partial charge in [-0.25, -0.2) is 4.79 Å². The summed E-state index contributed by atoms with van der Waals surface area (Å²) in [6.07, 6.45) is 2.33. The lowest BCUT2D eigenvalue weighted by Gasteiger charge is -2.24. The van der Waals surface area contributed by atoms with Crippen LogP contribution in [0.1, 0.15) is 36.6 Å². The Balaban J connectivity index is 1.91. The topological polar surface area (TPSA) is 63.2 Å². The number of ether oxygens (including phenoxy) is 5. The third kappa shape index (κ3) is 5.69. The molecule has 0 bridgehead atoms. The van der Waals surface area contributed by atoms with Crippen LogP contribution in [0.5, 0.6) is 17.2 Å². The molecule has 0 saturated carbocycles. The number of carbonyl (C=O) groups is 1. The Hall–Kier alpha value is -2.99. The van der Waals surface area contributed by atoms with E-state index in [9.17, 15) is 4.79 Å². The van der Waals surface area contributed by atoms with Crippen molar-refractivity contribution in [3.63, 3.8) is 0 Å². The molecule has 0 unspecified atom stereocenters. The van der Waals surface area contributed by atoms with Gasteiger partial charge < -0.3 is 23.7 Å². The summed E-state index contributed by atoms with van der Waals surface area (Å²) < 4.78 is 28.5. The van der Waals surface area contributed by atoms with E-state index in [0.717, 1.165) is 12.0 Å². The molecule has 1 saturated heterocycles. The van der Waals surface area contributed by atoms with E-state index < -0.39 is 0 Å². The number of benzene rings is 2. The molecule has 1 fully saturated rings. The summed E-state index contributed by atoms with van der Waals surface area (Å²) in [6.45, 7) is 6.50.